The molecule has 0 bridgehead atoms. The molecule has 0 spiro atoms. The molecule has 0 aromatic rings. The molecule has 0 atom stereocenters. The van der Waals surface area contributed by atoms with Crippen molar-refractivity contribution >= 4 is 15.0 Å². The third-order valence-corrected chi connectivity index (χ3v) is 2.00. The summed E-state index contributed by atoms with van der Waals surface area (Å²) in [5, 5.41) is 1.31. The second kappa shape index (κ2) is 0.907. The Balaban J connectivity index is 2.78. The molecule has 0 heterocycles. The Bertz CT molecular complexity index is 117. The van der Waals surface area contributed by atoms with E-state index in [1.54, 1.807) is 0 Å². The third kappa shape index (κ3) is 0.317. The fraction of sp³-hybridized carbons (Fsp3) is 0.400. The van der Waals surface area contributed by atoms with Gasteiger partial charge in [-0.2, -0.15) is 0 Å². The average molecular weight is 94.2 g/mol. The van der Waals surface area contributed by atoms with Gasteiger partial charge in [0, 0.05) is 9.85 Å². The van der Waals surface area contributed by atoms with Gasteiger partial charge in [-0.3, -0.25) is 0 Å². The van der Waals surface area contributed by atoms with E-state index in [0.29, 0.717) is 0 Å². The Morgan fingerprint density at radius 1 is 1.17 bits per heavy atom. The van der Waals surface area contributed by atoms with Crippen LogP contribution in [0.25, 0.3) is 0 Å². The van der Waals surface area contributed by atoms with E-state index in [2.05, 4.69) is 23.7 Å². The van der Waals surface area contributed by atoms with Crippen LogP contribution < -0.4 is 0 Å². The lowest BCUT2D eigenvalue weighted by Gasteiger charge is -1.59. The minimum atomic E-state index is 1.31. The summed E-state index contributed by atoms with van der Waals surface area (Å²) in [7, 11) is 3.40. The maximum atomic E-state index is 3.40. The fourth-order valence-electron chi connectivity index (χ4n) is 0.406. The summed E-state index contributed by atoms with van der Waals surface area (Å²) in [4.78, 5) is 0. The van der Waals surface area contributed by atoms with E-state index < -0.39 is 0 Å². The van der Waals surface area contributed by atoms with Crippen LogP contribution in [0.15, 0.2) is 11.1 Å². The normalized spacial score (nSPS) is 19.3. The highest BCUT2D eigenvalue weighted by Crippen LogP contribution is 2.22. The monoisotopic (exact) mass is 94.0 g/mol. The zero-order valence-electron chi connectivity index (χ0n) is 4.00. The van der Waals surface area contributed by atoms with E-state index in [1.165, 1.54) is 16.3 Å². The van der Waals surface area contributed by atoms with Crippen molar-refractivity contribution in [2.75, 3.05) is 0 Å². The van der Waals surface area contributed by atoms with Crippen LogP contribution in [0.1, 0.15) is 13.8 Å². The minimum absolute atomic E-state index is 1.31. The first-order valence-corrected chi connectivity index (χ1v) is 2.50. The van der Waals surface area contributed by atoms with E-state index in [-0.39, 0.29) is 0 Å². The van der Waals surface area contributed by atoms with E-state index in [9.17, 15) is 0 Å². The molecule has 1 heteroatoms. The number of hydrogen-bond acceptors (Lipinski definition) is 0. The van der Waals surface area contributed by atoms with Gasteiger partial charge in [-0.15, -0.1) is 0 Å². The van der Waals surface area contributed by atoms with Gasteiger partial charge < -0.3 is 0 Å². The van der Waals surface area contributed by atoms with Gasteiger partial charge in [0.25, 0.3) is 0 Å². The van der Waals surface area contributed by atoms with Crippen molar-refractivity contribution in [1.82, 2.24) is 0 Å². The summed E-state index contributed by atoms with van der Waals surface area (Å²) in [6.45, 7) is 4.22. The topological polar surface area (TPSA) is 0 Å². The first kappa shape index (κ1) is 4.00. The molecule has 0 saturated carbocycles. The third-order valence-electron chi connectivity index (χ3n) is 1.25. The van der Waals surface area contributed by atoms with Crippen molar-refractivity contribution in [2.24, 2.45) is 0 Å². The maximum Gasteiger partial charge on any atom is 0.0410 e. The van der Waals surface area contributed by atoms with Crippen molar-refractivity contribution in [2.45, 2.75) is 13.8 Å². The lowest BCUT2D eigenvalue weighted by atomic mass is 10.6. The zero-order chi connectivity index (χ0) is 4.73. The van der Waals surface area contributed by atoms with E-state index in [4.69, 9.17) is 0 Å². The van der Waals surface area contributed by atoms with Crippen LogP contribution in [-0.4, -0.2) is 15.0 Å². The van der Waals surface area contributed by atoms with Crippen molar-refractivity contribution < 1.29 is 0 Å². The Morgan fingerprint density at radius 3 is 1.33 bits per heavy atom. The van der Waals surface area contributed by atoms with Crippen molar-refractivity contribution in [3.8, 4) is 0 Å². The van der Waals surface area contributed by atoms with Crippen molar-refractivity contribution in [1.29, 1.82) is 0 Å². The summed E-state index contributed by atoms with van der Waals surface area (Å²) < 4.78 is 0. The molecular formula is C5H6Si. The van der Waals surface area contributed by atoms with Crippen LogP contribution in [0.4, 0.5) is 0 Å². The molecule has 0 saturated heterocycles. The molecule has 1 aliphatic carbocycles. The number of allylic oxidation sites excluding steroid dienone is 2. The molecule has 1 aliphatic rings. The van der Waals surface area contributed by atoms with E-state index >= 15 is 0 Å². The first-order valence-electron chi connectivity index (χ1n) is 2.00. The number of rotatable bonds is 0. The van der Waals surface area contributed by atoms with Gasteiger partial charge in [-0.1, -0.05) is 0 Å². The van der Waals surface area contributed by atoms with Crippen LogP contribution in [0.3, 0.4) is 0 Å². The predicted octanol–water partition coefficient (Wildman–Crippen LogP) is 0.677. The lowest BCUT2D eigenvalue weighted by Crippen LogP contribution is -1.67. The predicted molar refractivity (Wildman–Crippen MR) is 29.1 cm³/mol. The van der Waals surface area contributed by atoms with E-state index in [1.807, 2.05) is 0 Å². The molecule has 0 N–H and O–H groups in total. The van der Waals surface area contributed by atoms with Crippen LogP contribution in [0.2, 0.25) is 0 Å². The highest BCUT2D eigenvalue weighted by atomic mass is 28.1. The van der Waals surface area contributed by atoms with Crippen LogP contribution in [0, 0.1) is 0 Å². The Kier molecular flexibility index (Phi) is 0.605. The van der Waals surface area contributed by atoms with Gasteiger partial charge >= 0.3 is 0 Å². The molecule has 0 aromatic carbocycles. The molecule has 0 aromatic heterocycles. The summed E-state index contributed by atoms with van der Waals surface area (Å²) >= 11 is 0. The average Bonchev–Trinajstić information content (AvgIpc) is 1.94. The largest absolute Gasteiger partial charge is 0.0453 e. The summed E-state index contributed by atoms with van der Waals surface area (Å²) in [5.74, 6) is 0. The Hall–Kier alpha value is -0.173. The van der Waals surface area contributed by atoms with Gasteiger partial charge in [0.2, 0.25) is 0 Å². The Labute approximate surface area is 40.9 Å². The number of hydrogen-bond donors (Lipinski definition) is 0. The van der Waals surface area contributed by atoms with Crippen molar-refractivity contribution in [3.05, 3.63) is 11.1 Å². The zero-order valence-corrected chi connectivity index (χ0v) is 5.00. The van der Waals surface area contributed by atoms with Crippen LogP contribution >= 0.6 is 0 Å². The highest BCUT2D eigenvalue weighted by Gasteiger charge is 2.15. The molecule has 0 unspecified atom stereocenters. The standard InChI is InChI=1S/C5H6Si/c1-3-4(2)5(3)6/h1-2H3. The molecule has 0 fully saturated rings. The van der Waals surface area contributed by atoms with Gasteiger partial charge in [-0.05, 0) is 30.2 Å². The molecule has 0 aliphatic heterocycles. The molecule has 0 amide bonds. The quantitative estimate of drug-likeness (QED) is 0.387. The summed E-state index contributed by atoms with van der Waals surface area (Å²) in [6, 6.07) is 0. The molecule has 6 heavy (non-hydrogen) atoms. The second-order valence-electron chi connectivity index (χ2n) is 1.62. The molecular weight excluding hydrogens is 88.1 g/mol. The molecule has 2 radical (unpaired) electrons. The molecule has 0 nitrogen and oxygen atoms in total. The minimum Gasteiger partial charge on any atom is -0.0453 e. The van der Waals surface area contributed by atoms with Gasteiger partial charge in [-0.25, -0.2) is 0 Å². The fourth-order valence-corrected chi connectivity index (χ4v) is 0.719. The summed E-state index contributed by atoms with van der Waals surface area (Å²) in [5.41, 5.74) is 2.85. The smallest absolute Gasteiger partial charge is 0.0410 e. The first-order chi connectivity index (χ1) is 2.73. The van der Waals surface area contributed by atoms with Gasteiger partial charge in [0.05, 0.1) is 0 Å². The molecule has 30 valence electrons. The highest BCUT2D eigenvalue weighted by molar-refractivity contribution is 6.57. The molecule has 1 rings (SSSR count). The second-order valence-corrected chi connectivity index (χ2v) is 2.12. The van der Waals surface area contributed by atoms with Crippen molar-refractivity contribution in [3.63, 3.8) is 0 Å². The summed E-state index contributed by atoms with van der Waals surface area (Å²) in [6.07, 6.45) is 0. The SMILES string of the molecule is CC1=C(C)C1=[Si]. The van der Waals surface area contributed by atoms with Gasteiger partial charge in [0.15, 0.2) is 0 Å². The van der Waals surface area contributed by atoms with Crippen LogP contribution in [0.5, 0.6) is 0 Å². The Morgan fingerprint density at radius 2 is 1.33 bits per heavy atom. The van der Waals surface area contributed by atoms with Crippen LogP contribution in [-0.2, 0) is 0 Å². The lowest BCUT2D eigenvalue weighted by molar-refractivity contribution is 1.64. The maximum absolute atomic E-state index is 3.40. The van der Waals surface area contributed by atoms with E-state index in [0.717, 1.165) is 0 Å². The van der Waals surface area contributed by atoms with Gasteiger partial charge in [0.1, 0.15) is 0 Å².